The van der Waals surface area contributed by atoms with Crippen LogP contribution in [0.15, 0.2) is 101 Å². The van der Waals surface area contributed by atoms with Gasteiger partial charge in [-0.2, -0.15) is 10.2 Å². The molecule has 1 aromatic heterocycles. The van der Waals surface area contributed by atoms with Gasteiger partial charge in [0.2, 0.25) is 0 Å². The van der Waals surface area contributed by atoms with E-state index < -0.39 is 0 Å². The minimum Gasteiger partial charge on any atom is -0.345 e. The molecule has 0 saturated heterocycles. The van der Waals surface area contributed by atoms with Gasteiger partial charge in [-0.3, -0.25) is 4.79 Å². The van der Waals surface area contributed by atoms with Gasteiger partial charge in [-0.1, -0.05) is 48.0 Å². The zero-order valence-electron chi connectivity index (χ0n) is 16.6. The van der Waals surface area contributed by atoms with Gasteiger partial charge in [-0.15, -0.1) is 0 Å². The van der Waals surface area contributed by atoms with E-state index in [4.69, 9.17) is 11.6 Å². The Hall–Kier alpha value is -3.70. The second-order valence-corrected chi connectivity index (χ2v) is 7.75. The molecule has 0 spiro atoms. The van der Waals surface area contributed by atoms with Gasteiger partial charge < -0.3 is 9.47 Å². The highest BCUT2D eigenvalue weighted by Crippen LogP contribution is 2.32. The van der Waals surface area contributed by atoms with Gasteiger partial charge in [-0.05, 0) is 54.1 Å². The number of carbonyl (C=O) groups is 1. The lowest BCUT2D eigenvalue weighted by atomic mass is 10.1. The Bertz CT molecular complexity index is 1280. The molecule has 1 aliphatic rings. The molecule has 4 aromatic rings. The summed E-state index contributed by atoms with van der Waals surface area (Å²) in [5.74, 6) is -0.140. The van der Waals surface area contributed by atoms with Crippen LogP contribution >= 0.6 is 11.6 Å². The summed E-state index contributed by atoms with van der Waals surface area (Å²) in [4.78, 5) is 15.3. The SMILES string of the molecule is O=C(c1ccc(N=Nc2ccccc2)cc1Cl)N1Cc2cccn2Cc2ccccc21. The minimum atomic E-state index is -0.140. The molecule has 1 aliphatic heterocycles. The molecule has 0 atom stereocenters. The van der Waals surface area contributed by atoms with Crippen LogP contribution in [0.2, 0.25) is 5.02 Å². The molecule has 31 heavy (non-hydrogen) atoms. The number of benzene rings is 3. The Morgan fingerprint density at radius 1 is 0.806 bits per heavy atom. The summed E-state index contributed by atoms with van der Waals surface area (Å²) in [7, 11) is 0. The van der Waals surface area contributed by atoms with Crippen molar-refractivity contribution in [3.63, 3.8) is 0 Å². The Morgan fingerprint density at radius 2 is 1.58 bits per heavy atom. The first kappa shape index (κ1) is 19.3. The highest BCUT2D eigenvalue weighted by Gasteiger charge is 2.26. The monoisotopic (exact) mass is 426 g/mol. The number of fused-ring (bicyclic) bond motifs is 2. The number of nitrogens with zero attached hydrogens (tertiary/aromatic N) is 4. The minimum absolute atomic E-state index is 0.140. The summed E-state index contributed by atoms with van der Waals surface area (Å²) in [5.41, 5.74) is 4.86. The first-order valence-electron chi connectivity index (χ1n) is 9.99. The van der Waals surface area contributed by atoms with Crippen molar-refractivity contribution in [1.82, 2.24) is 4.57 Å². The van der Waals surface area contributed by atoms with Crippen LogP contribution in [0.4, 0.5) is 17.1 Å². The fourth-order valence-electron chi connectivity index (χ4n) is 3.76. The van der Waals surface area contributed by atoms with Crippen LogP contribution in [0.5, 0.6) is 0 Å². The number of rotatable bonds is 3. The number of halogens is 1. The molecule has 3 aromatic carbocycles. The number of hydrogen-bond donors (Lipinski definition) is 0. The smallest absolute Gasteiger partial charge is 0.260 e. The third-order valence-corrected chi connectivity index (χ3v) is 5.64. The van der Waals surface area contributed by atoms with E-state index in [1.807, 2.05) is 66.9 Å². The van der Waals surface area contributed by atoms with E-state index in [1.54, 1.807) is 23.1 Å². The summed E-state index contributed by atoms with van der Waals surface area (Å²) < 4.78 is 2.17. The fourth-order valence-corrected chi connectivity index (χ4v) is 4.02. The normalized spacial score (nSPS) is 13.0. The quantitative estimate of drug-likeness (QED) is 0.333. The second kappa shape index (κ2) is 8.20. The number of hydrogen-bond acceptors (Lipinski definition) is 3. The van der Waals surface area contributed by atoms with Crippen LogP contribution in [0.1, 0.15) is 21.6 Å². The molecule has 0 N–H and O–H groups in total. The van der Waals surface area contributed by atoms with Gasteiger partial charge in [0.1, 0.15) is 0 Å². The van der Waals surface area contributed by atoms with E-state index in [2.05, 4.69) is 20.9 Å². The van der Waals surface area contributed by atoms with Crippen LogP contribution in [0.3, 0.4) is 0 Å². The molecule has 1 amide bonds. The molecule has 2 heterocycles. The predicted molar refractivity (Wildman–Crippen MR) is 123 cm³/mol. The average Bonchev–Trinajstić information content (AvgIpc) is 3.17. The lowest BCUT2D eigenvalue weighted by Gasteiger charge is -2.23. The standard InChI is InChI=1S/C25H19ClN4O/c26-23-15-20(28-27-19-8-2-1-3-9-19)12-13-22(23)25(31)30-17-21-10-6-14-29(21)16-18-7-4-5-11-24(18)30/h1-15H,16-17H2. The molecular weight excluding hydrogens is 408 g/mol. The summed E-state index contributed by atoms with van der Waals surface area (Å²) in [6.45, 7) is 1.21. The lowest BCUT2D eigenvalue weighted by Crippen LogP contribution is -2.30. The number of azo groups is 1. The van der Waals surface area contributed by atoms with Crippen molar-refractivity contribution in [3.05, 3.63) is 113 Å². The predicted octanol–water partition coefficient (Wildman–Crippen LogP) is 6.77. The van der Waals surface area contributed by atoms with Gasteiger partial charge in [0.05, 0.1) is 28.5 Å². The molecule has 152 valence electrons. The Labute approximate surface area is 185 Å². The van der Waals surface area contributed by atoms with E-state index in [-0.39, 0.29) is 5.91 Å². The van der Waals surface area contributed by atoms with E-state index >= 15 is 0 Å². The molecule has 0 aliphatic carbocycles. The van der Waals surface area contributed by atoms with Crippen molar-refractivity contribution in [1.29, 1.82) is 0 Å². The number of aromatic nitrogens is 1. The van der Waals surface area contributed by atoms with Crippen molar-refractivity contribution < 1.29 is 4.79 Å². The van der Waals surface area contributed by atoms with Crippen molar-refractivity contribution in [3.8, 4) is 0 Å². The van der Waals surface area contributed by atoms with Crippen LogP contribution in [-0.2, 0) is 13.1 Å². The van der Waals surface area contributed by atoms with E-state index in [0.717, 1.165) is 29.2 Å². The molecule has 6 heteroatoms. The van der Waals surface area contributed by atoms with E-state index in [1.165, 1.54) is 0 Å². The summed E-state index contributed by atoms with van der Waals surface area (Å²) >= 11 is 6.52. The van der Waals surface area contributed by atoms with Crippen molar-refractivity contribution in [2.24, 2.45) is 10.2 Å². The van der Waals surface area contributed by atoms with Crippen molar-refractivity contribution in [2.75, 3.05) is 4.90 Å². The largest absolute Gasteiger partial charge is 0.345 e. The number of anilines is 1. The molecule has 5 rings (SSSR count). The Kier molecular flexibility index (Phi) is 5.10. The maximum Gasteiger partial charge on any atom is 0.260 e. The van der Waals surface area contributed by atoms with Crippen molar-refractivity contribution >= 4 is 34.6 Å². The van der Waals surface area contributed by atoms with Crippen LogP contribution in [0, 0.1) is 0 Å². The van der Waals surface area contributed by atoms with Gasteiger partial charge in [0.25, 0.3) is 5.91 Å². The molecule has 0 radical (unpaired) electrons. The molecule has 0 bridgehead atoms. The first-order chi connectivity index (χ1) is 15.2. The molecule has 0 fully saturated rings. The van der Waals surface area contributed by atoms with Gasteiger partial charge >= 0.3 is 0 Å². The van der Waals surface area contributed by atoms with Crippen LogP contribution in [-0.4, -0.2) is 10.5 Å². The zero-order chi connectivity index (χ0) is 21.2. The van der Waals surface area contributed by atoms with Crippen molar-refractivity contribution in [2.45, 2.75) is 13.1 Å². The summed E-state index contributed by atoms with van der Waals surface area (Å²) in [6.07, 6.45) is 2.04. The third-order valence-electron chi connectivity index (χ3n) is 5.33. The Morgan fingerprint density at radius 3 is 2.42 bits per heavy atom. The summed E-state index contributed by atoms with van der Waals surface area (Å²) in [6, 6.07) is 26.7. The molecule has 0 unspecified atom stereocenters. The maximum atomic E-state index is 13.5. The van der Waals surface area contributed by atoms with Gasteiger partial charge in [0.15, 0.2) is 0 Å². The van der Waals surface area contributed by atoms with E-state index in [9.17, 15) is 4.79 Å². The number of amides is 1. The number of carbonyl (C=O) groups excluding carboxylic acids is 1. The highest BCUT2D eigenvalue weighted by molar-refractivity contribution is 6.34. The van der Waals surface area contributed by atoms with E-state index in [0.29, 0.717) is 22.8 Å². The third kappa shape index (κ3) is 3.88. The summed E-state index contributed by atoms with van der Waals surface area (Å²) in [5, 5.41) is 8.80. The van der Waals surface area contributed by atoms with Gasteiger partial charge in [-0.25, -0.2) is 0 Å². The molecule has 5 nitrogen and oxygen atoms in total. The topological polar surface area (TPSA) is 50.0 Å². The average molecular weight is 427 g/mol. The van der Waals surface area contributed by atoms with Crippen LogP contribution < -0.4 is 4.90 Å². The van der Waals surface area contributed by atoms with Crippen LogP contribution in [0.25, 0.3) is 0 Å². The Balaban J connectivity index is 1.46. The zero-order valence-corrected chi connectivity index (χ0v) is 17.4. The highest BCUT2D eigenvalue weighted by atomic mass is 35.5. The molecule has 0 saturated carbocycles. The maximum absolute atomic E-state index is 13.5. The number of para-hydroxylation sites is 1. The fraction of sp³-hybridized carbons (Fsp3) is 0.0800. The lowest BCUT2D eigenvalue weighted by molar-refractivity contribution is 0.0985. The molecular formula is C25H19ClN4O. The second-order valence-electron chi connectivity index (χ2n) is 7.35. The first-order valence-corrected chi connectivity index (χ1v) is 10.4. The van der Waals surface area contributed by atoms with Gasteiger partial charge in [0, 0.05) is 24.1 Å².